The number of nitrogens with zero attached hydrogens (tertiary/aromatic N) is 3. The van der Waals surface area contributed by atoms with Crippen molar-refractivity contribution in [1.29, 1.82) is 0 Å². The zero-order valence-corrected chi connectivity index (χ0v) is 25.1. The quantitative estimate of drug-likeness (QED) is 0.324. The first-order chi connectivity index (χ1) is 19.3. The smallest absolute Gasteiger partial charge is 0.309 e. The molecule has 1 aromatic carbocycles. The van der Waals surface area contributed by atoms with E-state index in [2.05, 4.69) is 18.9 Å². The van der Waals surface area contributed by atoms with E-state index in [0.717, 1.165) is 12.8 Å². The van der Waals surface area contributed by atoms with E-state index in [0.29, 0.717) is 50.4 Å². The summed E-state index contributed by atoms with van der Waals surface area (Å²) in [6.07, 6.45) is 5.60. The summed E-state index contributed by atoms with van der Waals surface area (Å²) in [6.45, 7) is 6.01. The number of amides is 1. The third-order valence-electron chi connectivity index (χ3n) is 10.7. The minimum Gasteiger partial charge on any atom is -0.481 e. The number of fused-ring (bicyclic) bond motifs is 1. The number of halogens is 3. The number of hydrogen-bond acceptors (Lipinski definition) is 4. The Morgan fingerprint density at radius 1 is 1.05 bits per heavy atom. The lowest BCUT2D eigenvalue weighted by Crippen LogP contribution is -2.44. The van der Waals surface area contributed by atoms with Gasteiger partial charge in [-0.15, -0.1) is 0 Å². The second-order valence-electron chi connectivity index (χ2n) is 13.5. The van der Waals surface area contributed by atoms with Crippen molar-refractivity contribution in [3.8, 4) is 0 Å². The van der Waals surface area contributed by atoms with E-state index in [1.165, 1.54) is 6.20 Å². The predicted octanol–water partition coefficient (Wildman–Crippen LogP) is 7.11. The molecule has 7 nitrogen and oxygen atoms in total. The highest BCUT2D eigenvalue weighted by Crippen LogP contribution is 2.67. The molecule has 1 amide bonds. The Balaban J connectivity index is 1.32. The molecular formula is C31H36Cl2FN3O4. The fourth-order valence-electron chi connectivity index (χ4n) is 7.54. The summed E-state index contributed by atoms with van der Waals surface area (Å²) in [5.41, 5.74) is -1.61. The Bertz CT molecular complexity index is 1390. The van der Waals surface area contributed by atoms with Crippen LogP contribution in [-0.4, -0.2) is 50.0 Å². The molecule has 6 rings (SSSR count). The minimum absolute atomic E-state index is 0.160. The van der Waals surface area contributed by atoms with Crippen LogP contribution in [0.1, 0.15) is 105 Å². The number of carboxylic acid groups (broad SMARTS) is 1. The highest BCUT2D eigenvalue weighted by molar-refractivity contribution is 6.40. The fraction of sp³-hybridized carbons (Fsp3) is 0.613. The number of aliphatic carboxylic acids is 1. The van der Waals surface area contributed by atoms with Gasteiger partial charge in [0.05, 0.1) is 51.1 Å². The van der Waals surface area contributed by atoms with E-state index >= 15 is 4.39 Å². The average Bonchev–Trinajstić information content (AvgIpc) is 3.54. The average molecular weight is 605 g/mol. The van der Waals surface area contributed by atoms with Gasteiger partial charge in [-0.1, -0.05) is 43.1 Å². The number of ketones is 1. The van der Waals surface area contributed by atoms with Crippen LogP contribution in [0.2, 0.25) is 10.0 Å². The molecule has 4 aliphatic rings. The van der Waals surface area contributed by atoms with E-state index in [4.69, 9.17) is 23.2 Å². The number of benzene rings is 1. The molecule has 4 aliphatic carbocycles. The molecule has 1 heterocycles. The van der Waals surface area contributed by atoms with Gasteiger partial charge in [0.1, 0.15) is 0 Å². The number of aromatic nitrogens is 2. The predicted molar refractivity (Wildman–Crippen MR) is 153 cm³/mol. The Morgan fingerprint density at radius 2 is 1.63 bits per heavy atom. The molecule has 1 N–H and O–H groups in total. The standard InChI is InChI=1S/C31H36Cl2FN3O4/c1-29(2)20-13-18(14-21(20)29)36(16-24(38)25-22(32)5-4-6-23(25)33)27(39)19-15-35-37(26(19)31(34)11-12-31)17-7-9-30(3,10-8-17)28(40)41/h4-6,15,17-18,20-21H,7-14,16H2,1-3H3,(H,40,41)/t17?,18-,20+,21-,30?. The van der Waals surface area contributed by atoms with Crippen LogP contribution in [0, 0.1) is 22.7 Å². The Morgan fingerprint density at radius 3 is 2.17 bits per heavy atom. The molecule has 10 heteroatoms. The molecule has 3 atom stereocenters. The van der Waals surface area contributed by atoms with Gasteiger partial charge in [0.25, 0.3) is 5.91 Å². The number of carbonyl (C=O) groups excluding carboxylic acids is 2. The third-order valence-corrected chi connectivity index (χ3v) is 11.3. The van der Waals surface area contributed by atoms with Gasteiger partial charge in [0.2, 0.25) is 0 Å². The molecule has 4 saturated carbocycles. The van der Waals surface area contributed by atoms with Crippen molar-refractivity contribution in [1.82, 2.24) is 14.7 Å². The second-order valence-corrected chi connectivity index (χ2v) is 14.3. The van der Waals surface area contributed by atoms with Gasteiger partial charge in [-0.05, 0) is 87.7 Å². The minimum atomic E-state index is -1.66. The van der Waals surface area contributed by atoms with Crippen molar-refractivity contribution in [2.24, 2.45) is 22.7 Å². The van der Waals surface area contributed by atoms with Crippen LogP contribution in [0.25, 0.3) is 0 Å². The van der Waals surface area contributed by atoms with E-state index in [1.807, 2.05) is 0 Å². The van der Waals surface area contributed by atoms with E-state index in [-0.39, 0.29) is 56.7 Å². The van der Waals surface area contributed by atoms with Crippen molar-refractivity contribution < 1.29 is 23.9 Å². The van der Waals surface area contributed by atoms with Crippen LogP contribution in [0.3, 0.4) is 0 Å². The molecule has 4 fully saturated rings. The lowest BCUT2D eigenvalue weighted by atomic mass is 9.74. The fourth-order valence-corrected chi connectivity index (χ4v) is 8.15. The van der Waals surface area contributed by atoms with Crippen LogP contribution in [0.4, 0.5) is 4.39 Å². The van der Waals surface area contributed by atoms with Gasteiger partial charge in [0.15, 0.2) is 11.5 Å². The number of alkyl halides is 1. The monoisotopic (exact) mass is 603 g/mol. The maximum atomic E-state index is 16.0. The summed E-state index contributed by atoms with van der Waals surface area (Å²) in [5.74, 6) is -0.629. The molecule has 0 saturated heterocycles. The lowest BCUT2D eigenvalue weighted by Gasteiger charge is -2.35. The van der Waals surface area contributed by atoms with Crippen LogP contribution in [0.15, 0.2) is 24.4 Å². The van der Waals surface area contributed by atoms with Crippen LogP contribution in [-0.2, 0) is 10.5 Å². The summed E-state index contributed by atoms with van der Waals surface area (Å²) < 4.78 is 17.6. The summed E-state index contributed by atoms with van der Waals surface area (Å²) in [5, 5.41) is 14.6. The van der Waals surface area contributed by atoms with Crippen LogP contribution < -0.4 is 0 Å². The maximum absolute atomic E-state index is 16.0. The molecule has 0 unspecified atom stereocenters. The molecule has 220 valence electrons. The van der Waals surface area contributed by atoms with E-state index in [1.54, 1.807) is 34.7 Å². The van der Waals surface area contributed by atoms with Crippen LogP contribution >= 0.6 is 23.2 Å². The van der Waals surface area contributed by atoms with Gasteiger partial charge in [-0.2, -0.15) is 5.10 Å². The molecular weight excluding hydrogens is 568 g/mol. The summed E-state index contributed by atoms with van der Waals surface area (Å²) in [6, 6.07) is 4.51. The first kappa shape index (κ1) is 28.7. The van der Waals surface area contributed by atoms with Gasteiger partial charge >= 0.3 is 5.97 Å². The summed E-state index contributed by atoms with van der Waals surface area (Å²) in [7, 11) is 0. The van der Waals surface area contributed by atoms with Gasteiger partial charge in [-0.3, -0.25) is 19.1 Å². The number of hydrogen-bond donors (Lipinski definition) is 1. The summed E-state index contributed by atoms with van der Waals surface area (Å²) >= 11 is 12.7. The molecule has 1 aromatic heterocycles. The van der Waals surface area contributed by atoms with Crippen LogP contribution in [0.5, 0.6) is 0 Å². The van der Waals surface area contributed by atoms with Crippen molar-refractivity contribution in [3.05, 3.63) is 51.3 Å². The van der Waals surface area contributed by atoms with Crippen molar-refractivity contribution in [2.45, 2.75) is 89.9 Å². The molecule has 0 spiro atoms. The lowest BCUT2D eigenvalue weighted by molar-refractivity contribution is -0.150. The van der Waals surface area contributed by atoms with Gasteiger partial charge in [0, 0.05) is 6.04 Å². The first-order valence-electron chi connectivity index (χ1n) is 14.6. The van der Waals surface area contributed by atoms with E-state index < -0.39 is 23.0 Å². The Kier molecular flexibility index (Phi) is 6.85. The van der Waals surface area contributed by atoms with Crippen molar-refractivity contribution >= 4 is 40.9 Å². The number of carboxylic acids is 1. The maximum Gasteiger partial charge on any atom is 0.309 e. The SMILES string of the molecule is CC1(C(=O)O)CCC(n2ncc(C(=O)N(CC(=O)c3c(Cl)cccc3Cl)[C@H]3C[C@@H]4[C@H](C3)C4(C)C)c2C2(F)CC2)CC1. The first-order valence-corrected chi connectivity index (χ1v) is 15.3. The molecule has 41 heavy (non-hydrogen) atoms. The second kappa shape index (κ2) is 9.80. The van der Waals surface area contributed by atoms with Gasteiger partial charge < -0.3 is 10.0 Å². The Hall–Kier alpha value is -2.45. The molecule has 0 bridgehead atoms. The number of rotatable bonds is 8. The van der Waals surface area contributed by atoms with Crippen molar-refractivity contribution in [3.63, 3.8) is 0 Å². The highest BCUT2D eigenvalue weighted by Gasteiger charge is 2.63. The number of Topliss-reactive ketones (excluding diaryl/α,β-unsaturated/α-hetero) is 1. The third kappa shape index (κ3) is 4.79. The van der Waals surface area contributed by atoms with Crippen molar-refractivity contribution in [2.75, 3.05) is 6.54 Å². The molecule has 0 radical (unpaired) electrons. The normalized spacial score (nSPS) is 30.9. The zero-order valence-electron chi connectivity index (χ0n) is 23.6. The molecule has 2 aromatic rings. The number of carbonyl (C=O) groups is 3. The largest absolute Gasteiger partial charge is 0.481 e. The highest BCUT2D eigenvalue weighted by atomic mass is 35.5. The van der Waals surface area contributed by atoms with E-state index in [9.17, 15) is 19.5 Å². The Labute approximate surface area is 249 Å². The molecule has 0 aliphatic heterocycles. The topological polar surface area (TPSA) is 92.5 Å². The van der Waals surface area contributed by atoms with Gasteiger partial charge in [-0.25, -0.2) is 4.39 Å². The summed E-state index contributed by atoms with van der Waals surface area (Å²) in [4.78, 5) is 41.3. The zero-order chi connectivity index (χ0) is 29.5.